The van der Waals surface area contributed by atoms with Crippen molar-refractivity contribution in [1.29, 1.82) is 0 Å². The van der Waals surface area contributed by atoms with Crippen LogP contribution in [-0.4, -0.2) is 36.1 Å². The number of aromatic nitrogens is 2. The zero-order valence-corrected chi connectivity index (χ0v) is 12.4. The normalized spacial score (nSPS) is 20.0. The van der Waals surface area contributed by atoms with Gasteiger partial charge in [0.25, 0.3) is 0 Å². The molecule has 7 nitrogen and oxygen atoms in total. The highest BCUT2D eigenvalue weighted by Crippen LogP contribution is 2.33. The van der Waals surface area contributed by atoms with Crippen LogP contribution >= 0.6 is 22.9 Å². The minimum Gasteiger partial charge on any atom is -0.294 e. The third-order valence-electron chi connectivity index (χ3n) is 3.07. The van der Waals surface area contributed by atoms with Gasteiger partial charge in [-0.15, -0.1) is 11.3 Å². The van der Waals surface area contributed by atoms with Crippen molar-refractivity contribution < 1.29 is 13.2 Å². The van der Waals surface area contributed by atoms with Crippen LogP contribution in [0.4, 0.5) is 5.82 Å². The summed E-state index contributed by atoms with van der Waals surface area (Å²) in [5.41, 5.74) is 0.622. The molecule has 0 bridgehead atoms. The molecule has 1 saturated heterocycles. The van der Waals surface area contributed by atoms with E-state index in [2.05, 4.69) is 9.97 Å². The lowest BCUT2D eigenvalue weighted by Gasteiger charge is -2.15. The quantitative estimate of drug-likeness (QED) is 0.816. The Morgan fingerprint density at radius 1 is 1.45 bits per heavy atom. The Morgan fingerprint density at radius 3 is 2.85 bits per heavy atom. The molecule has 2 aromatic rings. The molecule has 1 aliphatic heterocycles. The number of halogens is 1. The fraction of sp³-hybridized carbons (Fsp3) is 0.300. The molecule has 0 aromatic carbocycles. The van der Waals surface area contributed by atoms with E-state index < -0.39 is 15.3 Å². The number of nitrogens with zero attached hydrogens (tertiary/aromatic N) is 3. The summed E-state index contributed by atoms with van der Waals surface area (Å²) >= 11 is 7.20. The zero-order valence-electron chi connectivity index (χ0n) is 9.98. The predicted molar refractivity (Wildman–Crippen MR) is 76.3 cm³/mol. The molecule has 1 fully saturated rings. The highest BCUT2D eigenvalue weighted by Gasteiger charge is 2.38. The zero-order chi connectivity index (χ0) is 14.5. The number of fused-ring (bicyclic) bond motifs is 1. The summed E-state index contributed by atoms with van der Waals surface area (Å²) in [6.45, 7) is -0.0159. The van der Waals surface area contributed by atoms with E-state index >= 15 is 0 Å². The highest BCUT2D eigenvalue weighted by molar-refractivity contribution is 7.89. The van der Waals surface area contributed by atoms with Crippen LogP contribution in [0.2, 0.25) is 5.28 Å². The Bertz CT molecular complexity index is 804. The number of amides is 1. The van der Waals surface area contributed by atoms with Gasteiger partial charge in [-0.2, -0.15) is 4.98 Å². The number of anilines is 1. The average molecular weight is 333 g/mol. The fourth-order valence-electron chi connectivity index (χ4n) is 2.10. The van der Waals surface area contributed by atoms with Gasteiger partial charge in [0, 0.05) is 13.0 Å². The van der Waals surface area contributed by atoms with Crippen molar-refractivity contribution in [2.75, 3.05) is 11.4 Å². The molecule has 10 heteroatoms. The van der Waals surface area contributed by atoms with E-state index in [0.29, 0.717) is 16.0 Å². The molecule has 106 valence electrons. The fourth-order valence-corrected chi connectivity index (χ4v) is 3.83. The van der Waals surface area contributed by atoms with Gasteiger partial charge in [-0.05, 0) is 23.0 Å². The summed E-state index contributed by atoms with van der Waals surface area (Å²) in [5, 5.41) is 6.00. The van der Waals surface area contributed by atoms with Crippen LogP contribution in [0.15, 0.2) is 11.4 Å². The molecule has 1 amide bonds. The average Bonchev–Trinajstić information content (AvgIpc) is 2.93. The first-order chi connectivity index (χ1) is 9.36. The SMILES string of the molecule is NS(=O)(=O)C1CC(=O)N(c2nc(Cl)nc3ccsc23)C1. The summed E-state index contributed by atoms with van der Waals surface area (Å²) in [4.78, 5) is 21.4. The van der Waals surface area contributed by atoms with Crippen molar-refractivity contribution in [3.8, 4) is 0 Å². The minimum absolute atomic E-state index is 0.0118. The first kappa shape index (κ1) is 13.7. The number of rotatable bonds is 2. The summed E-state index contributed by atoms with van der Waals surface area (Å²) in [6.07, 6.45) is -0.146. The lowest BCUT2D eigenvalue weighted by Crippen LogP contribution is -2.32. The maximum Gasteiger partial charge on any atom is 0.229 e. The van der Waals surface area contributed by atoms with Gasteiger partial charge in [-0.25, -0.2) is 18.5 Å². The predicted octanol–water partition coefficient (Wildman–Crippen LogP) is 0.739. The van der Waals surface area contributed by atoms with Crippen LogP contribution in [0.1, 0.15) is 6.42 Å². The third kappa shape index (κ3) is 2.26. The molecule has 1 atom stereocenters. The number of carbonyl (C=O) groups excluding carboxylic acids is 1. The van der Waals surface area contributed by atoms with Crippen LogP contribution in [0.25, 0.3) is 10.2 Å². The molecule has 0 saturated carbocycles. The molecule has 1 unspecified atom stereocenters. The van der Waals surface area contributed by atoms with Crippen LogP contribution in [0, 0.1) is 0 Å². The topological polar surface area (TPSA) is 106 Å². The van der Waals surface area contributed by atoms with Gasteiger partial charge in [-0.3, -0.25) is 9.69 Å². The van der Waals surface area contributed by atoms with Crippen molar-refractivity contribution >= 4 is 54.9 Å². The Hall–Kier alpha value is -1.29. The Labute approximate surface area is 123 Å². The second kappa shape index (κ2) is 4.62. The second-order valence-electron chi connectivity index (χ2n) is 4.37. The van der Waals surface area contributed by atoms with Gasteiger partial charge in [0.1, 0.15) is 5.25 Å². The molecule has 20 heavy (non-hydrogen) atoms. The number of hydrogen-bond acceptors (Lipinski definition) is 6. The van der Waals surface area contributed by atoms with Crippen molar-refractivity contribution in [3.63, 3.8) is 0 Å². The van der Waals surface area contributed by atoms with Crippen molar-refractivity contribution in [2.45, 2.75) is 11.7 Å². The van der Waals surface area contributed by atoms with Gasteiger partial charge in [0.15, 0.2) is 5.82 Å². The molecular formula is C10H9ClN4O3S2. The van der Waals surface area contributed by atoms with E-state index in [1.165, 1.54) is 16.2 Å². The summed E-state index contributed by atoms with van der Waals surface area (Å²) < 4.78 is 23.5. The maximum absolute atomic E-state index is 12.0. The molecule has 3 rings (SSSR count). The molecule has 0 spiro atoms. The molecule has 2 aromatic heterocycles. The highest BCUT2D eigenvalue weighted by atomic mass is 35.5. The number of nitrogens with two attached hydrogens (primary N) is 1. The molecular weight excluding hydrogens is 324 g/mol. The van der Waals surface area contributed by atoms with Crippen molar-refractivity contribution in [2.24, 2.45) is 5.14 Å². The second-order valence-corrected chi connectivity index (χ2v) is 7.47. The Morgan fingerprint density at radius 2 is 2.20 bits per heavy atom. The third-order valence-corrected chi connectivity index (χ3v) is 5.38. The van der Waals surface area contributed by atoms with Crippen LogP contribution in [0.5, 0.6) is 0 Å². The van der Waals surface area contributed by atoms with E-state index in [-0.39, 0.29) is 24.2 Å². The largest absolute Gasteiger partial charge is 0.294 e. The lowest BCUT2D eigenvalue weighted by atomic mass is 10.4. The molecule has 3 heterocycles. The van der Waals surface area contributed by atoms with Crippen LogP contribution < -0.4 is 10.0 Å². The smallest absolute Gasteiger partial charge is 0.229 e. The van der Waals surface area contributed by atoms with E-state index in [1.807, 2.05) is 0 Å². The summed E-state index contributed by atoms with van der Waals surface area (Å²) in [5.74, 6) is -0.000332. The summed E-state index contributed by atoms with van der Waals surface area (Å²) in [7, 11) is -3.76. The standard InChI is InChI=1S/C10H9ClN4O3S2/c11-10-13-6-1-2-19-8(6)9(14-10)15-4-5(3-7(15)16)20(12,17)18/h1-2,5H,3-4H2,(H2,12,17,18). The maximum atomic E-state index is 12.0. The van der Waals surface area contributed by atoms with Gasteiger partial charge >= 0.3 is 0 Å². The number of thiophene rings is 1. The molecule has 1 aliphatic rings. The van der Waals surface area contributed by atoms with E-state index in [1.54, 1.807) is 11.4 Å². The van der Waals surface area contributed by atoms with Gasteiger partial charge < -0.3 is 0 Å². The monoisotopic (exact) mass is 332 g/mol. The van der Waals surface area contributed by atoms with Crippen LogP contribution in [0.3, 0.4) is 0 Å². The molecule has 0 radical (unpaired) electrons. The summed E-state index contributed by atoms with van der Waals surface area (Å²) in [6, 6.07) is 1.76. The molecule has 2 N–H and O–H groups in total. The van der Waals surface area contributed by atoms with Gasteiger partial charge in [0.05, 0.1) is 10.2 Å². The van der Waals surface area contributed by atoms with Gasteiger partial charge in [0.2, 0.25) is 21.2 Å². The lowest BCUT2D eigenvalue weighted by molar-refractivity contribution is -0.117. The number of primary sulfonamides is 1. The molecule has 0 aliphatic carbocycles. The number of carbonyl (C=O) groups is 1. The van der Waals surface area contributed by atoms with E-state index in [4.69, 9.17) is 16.7 Å². The number of hydrogen-bond donors (Lipinski definition) is 1. The van der Waals surface area contributed by atoms with Crippen molar-refractivity contribution in [1.82, 2.24) is 9.97 Å². The number of sulfonamides is 1. The first-order valence-corrected chi connectivity index (χ1v) is 8.45. The first-order valence-electron chi connectivity index (χ1n) is 5.59. The Balaban J connectivity index is 2.08. The minimum atomic E-state index is -3.76. The Kier molecular flexibility index (Phi) is 3.16. The van der Waals surface area contributed by atoms with Crippen molar-refractivity contribution in [3.05, 3.63) is 16.7 Å². The van der Waals surface area contributed by atoms with E-state index in [9.17, 15) is 13.2 Å². The van der Waals surface area contributed by atoms with E-state index in [0.717, 1.165) is 0 Å². The van der Waals surface area contributed by atoms with Crippen LogP contribution in [-0.2, 0) is 14.8 Å². The van der Waals surface area contributed by atoms with Gasteiger partial charge in [-0.1, -0.05) is 0 Å².